The van der Waals surface area contributed by atoms with Crippen LogP contribution in [0.1, 0.15) is 60.3 Å². The molecule has 5 aromatic carbocycles. The molecular formula is C39H31BF6N2. The largest absolute Gasteiger partial charge is 0.416 e. The van der Waals surface area contributed by atoms with E-state index in [9.17, 15) is 26.3 Å². The molecule has 8 rings (SSSR count). The number of fused-ring (bicyclic) bond motifs is 4. The monoisotopic (exact) mass is 652 g/mol. The first-order chi connectivity index (χ1) is 23.0. The summed E-state index contributed by atoms with van der Waals surface area (Å²) in [6.45, 7) is 1.46. The maximum Gasteiger partial charge on any atom is 0.416 e. The van der Waals surface area contributed by atoms with Crippen LogP contribution in [-0.4, -0.2) is 6.71 Å². The third-order valence-electron chi connectivity index (χ3n) is 10.1. The predicted octanol–water partition coefficient (Wildman–Crippen LogP) is 10.2. The van der Waals surface area contributed by atoms with Crippen LogP contribution in [-0.2, 0) is 12.4 Å². The van der Waals surface area contributed by atoms with E-state index in [-0.39, 0.29) is 0 Å². The van der Waals surface area contributed by atoms with Crippen molar-refractivity contribution in [3.8, 4) is 0 Å². The fraction of sp³-hybridized carbons (Fsp3) is 0.231. The quantitative estimate of drug-likeness (QED) is 0.139. The van der Waals surface area contributed by atoms with Crippen LogP contribution < -0.4 is 26.2 Å². The van der Waals surface area contributed by atoms with Gasteiger partial charge in [0, 0.05) is 34.1 Å². The van der Waals surface area contributed by atoms with Gasteiger partial charge in [-0.05, 0) is 114 Å². The fourth-order valence-electron chi connectivity index (χ4n) is 7.87. The first-order valence-corrected chi connectivity index (χ1v) is 16.3. The molecule has 242 valence electrons. The number of halogens is 6. The Bertz CT molecular complexity index is 2010. The molecule has 0 radical (unpaired) electrons. The molecule has 5 aromatic rings. The minimum atomic E-state index is -4.54. The summed E-state index contributed by atoms with van der Waals surface area (Å²) < 4.78 is 83.8. The summed E-state index contributed by atoms with van der Waals surface area (Å²) in [7, 11) is 0. The zero-order valence-electron chi connectivity index (χ0n) is 26.2. The normalized spacial score (nSPS) is 16.0. The molecule has 3 aliphatic rings. The van der Waals surface area contributed by atoms with Crippen LogP contribution in [0.5, 0.6) is 0 Å². The average Bonchev–Trinajstić information content (AvgIpc) is 3.08. The number of para-hydroxylation sites is 1. The van der Waals surface area contributed by atoms with E-state index in [0.29, 0.717) is 22.8 Å². The maximum atomic E-state index is 14.3. The Morgan fingerprint density at radius 2 is 1.10 bits per heavy atom. The third kappa shape index (κ3) is 5.06. The summed E-state index contributed by atoms with van der Waals surface area (Å²) in [6.07, 6.45) is -3.60. The highest BCUT2D eigenvalue weighted by molar-refractivity contribution is 7.00. The summed E-state index contributed by atoms with van der Waals surface area (Å²) in [5.74, 6) is 0.291. The smallest absolute Gasteiger partial charge is 0.311 e. The van der Waals surface area contributed by atoms with Gasteiger partial charge in [-0.15, -0.1) is 0 Å². The fourth-order valence-corrected chi connectivity index (χ4v) is 7.87. The summed E-state index contributed by atoms with van der Waals surface area (Å²) in [5, 5.41) is 0. The lowest BCUT2D eigenvalue weighted by molar-refractivity contribution is -0.138. The summed E-state index contributed by atoms with van der Waals surface area (Å²) in [6, 6.07) is 29.0. The lowest BCUT2D eigenvalue weighted by Crippen LogP contribution is -2.61. The van der Waals surface area contributed by atoms with E-state index in [1.807, 2.05) is 60.4 Å². The Hall–Kier alpha value is -4.66. The summed E-state index contributed by atoms with van der Waals surface area (Å²) in [4.78, 5) is 4.05. The second-order valence-corrected chi connectivity index (χ2v) is 13.1. The van der Waals surface area contributed by atoms with Crippen molar-refractivity contribution in [2.75, 3.05) is 9.80 Å². The van der Waals surface area contributed by atoms with Gasteiger partial charge < -0.3 is 9.80 Å². The van der Waals surface area contributed by atoms with Crippen LogP contribution in [0.15, 0.2) is 103 Å². The van der Waals surface area contributed by atoms with Crippen LogP contribution in [0.3, 0.4) is 0 Å². The zero-order chi connectivity index (χ0) is 33.4. The van der Waals surface area contributed by atoms with Gasteiger partial charge in [-0.3, -0.25) is 0 Å². The van der Waals surface area contributed by atoms with Gasteiger partial charge in [0.2, 0.25) is 0 Å². The molecule has 0 unspecified atom stereocenters. The zero-order valence-corrected chi connectivity index (χ0v) is 26.2. The second-order valence-electron chi connectivity index (χ2n) is 13.1. The molecule has 0 atom stereocenters. The minimum absolute atomic E-state index is 0.291. The van der Waals surface area contributed by atoms with Crippen LogP contribution in [0.4, 0.5) is 60.5 Å². The first kappa shape index (κ1) is 30.7. The van der Waals surface area contributed by atoms with E-state index in [2.05, 4.69) is 17.0 Å². The van der Waals surface area contributed by atoms with E-state index in [4.69, 9.17) is 0 Å². The van der Waals surface area contributed by atoms with Crippen molar-refractivity contribution in [2.24, 2.45) is 0 Å². The van der Waals surface area contributed by atoms with Gasteiger partial charge in [-0.1, -0.05) is 61.2 Å². The standard InChI is InChI=1S/C39H31BF6N2/c1-24-11-16-29(17-12-24)48-34-20-15-28(39(44,45)46)23-32(34)40-31-9-5-6-10-33(31)47(30-18-13-27(14-19-30)38(41,42)43)35-21-26(22-36(48)37(35)40)25-7-3-2-4-8-25/h5-6,9-23,25H,2-4,7-8H2,1H3. The van der Waals surface area contributed by atoms with Crippen molar-refractivity contribution in [3.05, 3.63) is 125 Å². The molecule has 1 aliphatic carbocycles. The molecule has 9 heteroatoms. The van der Waals surface area contributed by atoms with Crippen molar-refractivity contribution < 1.29 is 26.3 Å². The van der Waals surface area contributed by atoms with Crippen molar-refractivity contribution in [2.45, 2.75) is 57.3 Å². The predicted molar refractivity (Wildman–Crippen MR) is 181 cm³/mol. The molecule has 0 amide bonds. The van der Waals surface area contributed by atoms with E-state index in [0.717, 1.165) is 88.7 Å². The van der Waals surface area contributed by atoms with Gasteiger partial charge in [0.25, 0.3) is 6.71 Å². The van der Waals surface area contributed by atoms with E-state index < -0.39 is 30.2 Å². The van der Waals surface area contributed by atoms with Crippen LogP contribution in [0.25, 0.3) is 0 Å². The lowest BCUT2D eigenvalue weighted by Gasteiger charge is -2.45. The van der Waals surface area contributed by atoms with Gasteiger partial charge in [0.1, 0.15) is 0 Å². The van der Waals surface area contributed by atoms with E-state index in [1.165, 1.54) is 24.6 Å². The average molecular weight is 652 g/mol. The highest BCUT2D eigenvalue weighted by Gasteiger charge is 2.45. The highest BCUT2D eigenvalue weighted by Crippen LogP contribution is 2.47. The third-order valence-corrected chi connectivity index (χ3v) is 10.1. The highest BCUT2D eigenvalue weighted by atomic mass is 19.4. The van der Waals surface area contributed by atoms with Crippen LogP contribution >= 0.6 is 0 Å². The second kappa shape index (κ2) is 11.2. The summed E-state index contributed by atoms with van der Waals surface area (Å²) >= 11 is 0. The van der Waals surface area contributed by atoms with Gasteiger partial charge in [-0.25, -0.2) is 0 Å². The molecule has 0 N–H and O–H groups in total. The van der Waals surface area contributed by atoms with Crippen molar-refractivity contribution in [1.29, 1.82) is 0 Å². The molecule has 0 aromatic heterocycles. The SMILES string of the molecule is Cc1ccc(N2c3ccc(C(F)(F)F)cc3B3c4ccccc4N(c4ccc(C(F)(F)F)cc4)c4cc(C5CCCCC5)cc2c43)cc1. The van der Waals surface area contributed by atoms with Gasteiger partial charge in [0.15, 0.2) is 0 Å². The van der Waals surface area contributed by atoms with Gasteiger partial charge in [-0.2, -0.15) is 26.3 Å². The maximum absolute atomic E-state index is 14.3. The van der Waals surface area contributed by atoms with Crippen molar-refractivity contribution in [1.82, 2.24) is 0 Å². The van der Waals surface area contributed by atoms with Gasteiger partial charge >= 0.3 is 12.4 Å². The van der Waals surface area contributed by atoms with E-state index in [1.54, 1.807) is 6.07 Å². The molecule has 1 fully saturated rings. The lowest BCUT2D eigenvalue weighted by atomic mass is 9.33. The summed E-state index contributed by atoms with van der Waals surface area (Å²) in [5.41, 5.74) is 7.30. The Morgan fingerprint density at radius 1 is 0.562 bits per heavy atom. The molecule has 0 saturated heterocycles. The molecule has 1 saturated carbocycles. The Labute approximate surface area is 275 Å². The number of hydrogen-bond acceptors (Lipinski definition) is 2. The first-order valence-electron chi connectivity index (χ1n) is 16.3. The number of hydrogen-bond donors (Lipinski definition) is 0. The molecular weight excluding hydrogens is 621 g/mol. The number of alkyl halides is 6. The Kier molecular flexibility index (Phi) is 7.16. The molecule has 2 aliphatic heterocycles. The van der Waals surface area contributed by atoms with Crippen molar-refractivity contribution >= 4 is 57.2 Å². The number of anilines is 6. The topological polar surface area (TPSA) is 6.48 Å². The number of aryl methyl sites for hydroxylation is 1. The van der Waals surface area contributed by atoms with Crippen LogP contribution in [0.2, 0.25) is 0 Å². The van der Waals surface area contributed by atoms with Crippen LogP contribution in [0, 0.1) is 6.92 Å². The molecule has 0 bridgehead atoms. The van der Waals surface area contributed by atoms with Crippen molar-refractivity contribution in [3.63, 3.8) is 0 Å². The number of nitrogens with zero attached hydrogens (tertiary/aromatic N) is 2. The number of benzene rings is 5. The molecule has 2 nitrogen and oxygen atoms in total. The number of rotatable bonds is 3. The Morgan fingerprint density at radius 3 is 1.71 bits per heavy atom. The van der Waals surface area contributed by atoms with E-state index >= 15 is 0 Å². The molecule has 48 heavy (non-hydrogen) atoms. The van der Waals surface area contributed by atoms with Gasteiger partial charge in [0.05, 0.1) is 11.1 Å². The molecule has 2 heterocycles. The molecule has 0 spiro atoms. The minimum Gasteiger partial charge on any atom is -0.311 e. The Balaban J connectivity index is 1.45.